The van der Waals surface area contributed by atoms with Crippen molar-refractivity contribution in [1.29, 1.82) is 0 Å². The number of hydrogen-bond acceptors (Lipinski definition) is 6. The quantitative estimate of drug-likeness (QED) is 0.506. The Morgan fingerprint density at radius 2 is 0.571 bits per heavy atom. The lowest BCUT2D eigenvalue weighted by atomic mass is 10.0. The van der Waals surface area contributed by atoms with Crippen LogP contribution in [-0.4, -0.2) is 13.1 Å². The van der Waals surface area contributed by atoms with Gasteiger partial charge in [0.15, 0.2) is 0 Å². The number of rotatable bonds is 0. The van der Waals surface area contributed by atoms with Gasteiger partial charge in [-0.3, -0.25) is 0 Å². The van der Waals surface area contributed by atoms with Crippen LogP contribution >= 0.6 is 0 Å². The molecule has 120 valence electrons. The molecule has 0 radical (unpaired) electrons. The monoisotopic (exact) mass is 294 g/mol. The molecule has 0 saturated carbocycles. The van der Waals surface area contributed by atoms with Crippen LogP contribution in [0.5, 0.6) is 0 Å². The van der Waals surface area contributed by atoms with Crippen molar-refractivity contribution in [3.8, 4) is 0 Å². The summed E-state index contributed by atoms with van der Waals surface area (Å²) in [6.07, 6.45) is 17.0. The van der Waals surface area contributed by atoms with Gasteiger partial charge in [0.1, 0.15) is 0 Å². The molecule has 0 aromatic rings. The van der Waals surface area contributed by atoms with Gasteiger partial charge in [-0.25, -0.2) is 0 Å². The van der Waals surface area contributed by atoms with E-state index in [9.17, 15) is 0 Å². The number of hydrogen-bond donors (Lipinski definition) is 0. The van der Waals surface area contributed by atoms with Crippen LogP contribution in [0.1, 0.15) is 83.5 Å². The fourth-order valence-corrected chi connectivity index (χ4v) is 2.49. The topological polar surface area (TPSA) is 74.2 Å². The van der Waals surface area contributed by atoms with Gasteiger partial charge in [-0.05, 0) is 33.7 Å². The highest BCUT2D eigenvalue weighted by Gasteiger charge is 1.94. The summed E-state index contributed by atoms with van der Waals surface area (Å²) in [7, 11) is 0. The third kappa shape index (κ3) is 13.5. The molecule has 0 atom stereocenters. The van der Waals surface area contributed by atoms with Crippen molar-refractivity contribution in [3.05, 3.63) is 0 Å². The van der Waals surface area contributed by atoms with E-state index < -0.39 is 0 Å². The Hall–Kier alpha value is -1.20. The molecule has 0 aromatic heterocycles. The summed E-state index contributed by atoms with van der Waals surface area (Å²) >= 11 is 0. The Morgan fingerprint density at radius 1 is 0.286 bits per heavy atom. The second kappa shape index (κ2) is 15.2. The van der Waals surface area contributed by atoms with Gasteiger partial charge < -0.3 is 0 Å². The zero-order chi connectivity index (χ0) is 14.8. The van der Waals surface area contributed by atoms with Crippen LogP contribution in [0.25, 0.3) is 0 Å². The standard InChI is InChI=1S/C15H30N6/c1-2-4-6-8-10-12-14-16-18-20-21-19-17-15-13-11-9-7-5-3-1/h1-15H2/b18-16?,19-17?,21-20+. The molecular weight excluding hydrogens is 264 g/mol. The van der Waals surface area contributed by atoms with Gasteiger partial charge in [0.2, 0.25) is 0 Å². The lowest BCUT2D eigenvalue weighted by molar-refractivity contribution is 0.537. The van der Waals surface area contributed by atoms with Gasteiger partial charge in [-0.1, -0.05) is 70.6 Å². The molecule has 0 N–H and O–H groups in total. The Labute approximate surface area is 128 Å². The number of nitrogens with zero attached hydrogens (tertiary/aromatic N) is 6. The molecule has 6 nitrogen and oxygen atoms in total. The van der Waals surface area contributed by atoms with Crippen molar-refractivity contribution in [2.45, 2.75) is 83.5 Å². The van der Waals surface area contributed by atoms with Crippen molar-refractivity contribution in [1.82, 2.24) is 0 Å². The first-order chi connectivity index (χ1) is 10.5. The molecule has 0 bridgehead atoms. The molecule has 1 aliphatic rings. The SMILES string of the molecule is C1CCCCCCCN=N/N=N/N=NCCCCCCC1. The van der Waals surface area contributed by atoms with E-state index in [2.05, 4.69) is 31.1 Å². The van der Waals surface area contributed by atoms with E-state index in [1.54, 1.807) is 0 Å². The normalized spacial score (nSPS) is 23.2. The maximum absolute atomic E-state index is 3.94. The molecule has 0 aliphatic carbocycles. The first-order valence-corrected chi connectivity index (χ1v) is 8.63. The molecule has 0 amide bonds. The molecule has 0 spiro atoms. The van der Waals surface area contributed by atoms with E-state index in [-0.39, 0.29) is 0 Å². The zero-order valence-corrected chi connectivity index (χ0v) is 13.3. The Bertz CT molecular complexity index is 273. The summed E-state index contributed by atoms with van der Waals surface area (Å²) in [5.41, 5.74) is 0. The van der Waals surface area contributed by atoms with Crippen LogP contribution in [0.4, 0.5) is 0 Å². The first-order valence-electron chi connectivity index (χ1n) is 8.63. The van der Waals surface area contributed by atoms with Gasteiger partial charge in [0, 0.05) is 0 Å². The van der Waals surface area contributed by atoms with Crippen LogP contribution in [0.15, 0.2) is 31.1 Å². The molecule has 1 rings (SSSR count). The summed E-state index contributed by atoms with van der Waals surface area (Å²) in [4.78, 5) is 0. The van der Waals surface area contributed by atoms with E-state index in [1.165, 1.54) is 70.6 Å². The average molecular weight is 294 g/mol. The van der Waals surface area contributed by atoms with Crippen LogP contribution in [0, 0.1) is 0 Å². The van der Waals surface area contributed by atoms with E-state index in [1.807, 2.05) is 0 Å². The van der Waals surface area contributed by atoms with Crippen molar-refractivity contribution in [2.75, 3.05) is 13.1 Å². The van der Waals surface area contributed by atoms with Crippen molar-refractivity contribution >= 4 is 0 Å². The molecular formula is C15H30N6. The fourth-order valence-electron chi connectivity index (χ4n) is 2.49. The molecule has 0 aromatic carbocycles. The minimum atomic E-state index is 0.732. The second-order valence-electron chi connectivity index (χ2n) is 5.68. The van der Waals surface area contributed by atoms with Gasteiger partial charge in [-0.2, -0.15) is 10.2 Å². The van der Waals surface area contributed by atoms with Crippen LogP contribution in [0.2, 0.25) is 0 Å². The van der Waals surface area contributed by atoms with E-state index in [0.717, 1.165) is 25.9 Å². The largest absolute Gasteiger partial charge is 0.167 e. The zero-order valence-electron chi connectivity index (χ0n) is 13.3. The molecule has 0 fully saturated rings. The predicted octanol–water partition coefficient (Wildman–Crippen LogP) is 6.26. The summed E-state index contributed by atoms with van der Waals surface area (Å²) in [5.74, 6) is 0. The van der Waals surface area contributed by atoms with Crippen molar-refractivity contribution in [3.63, 3.8) is 0 Å². The van der Waals surface area contributed by atoms with Gasteiger partial charge in [0.25, 0.3) is 0 Å². The Balaban J connectivity index is 2.17. The van der Waals surface area contributed by atoms with Gasteiger partial charge >= 0.3 is 0 Å². The highest BCUT2D eigenvalue weighted by atomic mass is 15.6. The molecule has 6 heteroatoms. The molecule has 1 aliphatic heterocycles. The summed E-state index contributed by atoms with van der Waals surface area (Å²) in [5, 5.41) is 22.1. The summed E-state index contributed by atoms with van der Waals surface area (Å²) in [6.45, 7) is 1.46. The van der Waals surface area contributed by atoms with E-state index in [0.29, 0.717) is 0 Å². The van der Waals surface area contributed by atoms with E-state index >= 15 is 0 Å². The third-order valence-corrected chi connectivity index (χ3v) is 3.76. The first kappa shape index (κ1) is 17.9. The van der Waals surface area contributed by atoms with Crippen LogP contribution in [0.3, 0.4) is 0 Å². The van der Waals surface area contributed by atoms with Crippen LogP contribution < -0.4 is 0 Å². The maximum Gasteiger partial charge on any atom is 0.0621 e. The molecule has 0 unspecified atom stereocenters. The van der Waals surface area contributed by atoms with Crippen molar-refractivity contribution < 1.29 is 0 Å². The van der Waals surface area contributed by atoms with Gasteiger partial charge in [-0.15, -0.1) is 0 Å². The van der Waals surface area contributed by atoms with Crippen LogP contribution in [-0.2, 0) is 0 Å². The minimum Gasteiger partial charge on any atom is -0.167 e. The average Bonchev–Trinajstić information content (AvgIpc) is 2.50. The van der Waals surface area contributed by atoms with Crippen molar-refractivity contribution in [2.24, 2.45) is 31.1 Å². The lowest BCUT2D eigenvalue weighted by Gasteiger charge is -2.02. The highest BCUT2D eigenvalue weighted by Crippen LogP contribution is 2.12. The second-order valence-corrected chi connectivity index (χ2v) is 5.68. The molecule has 21 heavy (non-hydrogen) atoms. The molecule has 1 heterocycles. The lowest BCUT2D eigenvalue weighted by Crippen LogP contribution is -1.85. The van der Waals surface area contributed by atoms with Gasteiger partial charge in [0.05, 0.1) is 13.1 Å². The highest BCUT2D eigenvalue weighted by molar-refractivity contribution is 4.50. The molecule has 0 saturated heterocycles. The predicted molar refractivity (Wildman–Crippen MR) is 84.3 cm³/mol. The summed E-state index contributed by atoms with van der Waals surface area (Å²) in [6, 6.07) is 0. The Kier molecular flexibility index (Phi) is 12.9. The maximum atomic E-state index is 3.94. The fraction of sp³-hybridized carbons (Fsp3) is 1.00. The smallest absolute Gasteiger partial charge is 0.0621 e. The van der Waals surface area contributed by atoms with E-state index in [4.69, 9.17) is 0 Å². The summed E-state index contributed by atoms with van der Waals surface area (Å²) < 4.78 is 0. The minimum absolute atomic E-state index is 0.732. The third-order valence-electron chi connectivity index (χ3n) is 3.76. The Morgan fingerprint density at radius 3 is 0.905 bits per heavy atom.